The van der Waals surface area contributed by atoms with E-state index < -0.39 is 15.8 Å². The van der Waals surface area contributed by atoms with Crippen molar-refractivity contribution in [2.24, 2.45) is 0 Å². The van der Waals surface area contributed by atoms with Crippen molar-refractivity contribution in [1.82, 2.24) is 14.6 Å². The van der Waals surface area contributed by atoms with Crippen LogP contribution in [0.4, 0.5) is 15.9 Å². The number of piperazine rings is 1. The van der Waals surface area contributed by atoms with E-state index in [2.05, 4.69) is 19.5 Å². The first-order chi connectivity index (χ1) is 17.9. The van der Waals surface area contributed by atoms with E-state index in [0.29, 0.717) is 44.6 Å². The number of nitrogens with one attached hydrogen (secondary N) is 1. The van der Waals surface area contributed by atoms with Crippen LogP contribution in [0.1, 0.15) is 23.2 Å². The Morgan fingerprint density at radius 3 is 2.19 bits per heavy atom. The summed E-state index contributed by atoms with van der Waals surface area (Å²) in [5, 5.41) is 0. The third-order valence-electron chi connectivity index (χ3n) is 6.96. The topological polar surface area (TPSA) is 85.8 Å². The molecule has 2 aliphatic heterocycles. The van der Waals surface area contributed by atoms with Gasteiger partial charge in [-0.05, 0) is 61.4 Å². The molecule has 3 aromatic rings. The van der Waals surface area contributed by atoms with Gasteiger partial charge in [0.2, 0.25) is 10.0 Å². The van der Waals surface area contributed by atoms with E-state index in [-0.39, 0.29) is 16.8 Å². The number of hydrogen-bond donors (Lipinski definition) is 1. The first-order valence-electron chi connectivity index (χ1n) is 12.5. The van der Waals surface area contributed by atoms with Gasteiger partial charge in [-0.2, -0.15) is 0 Å². The van der Waals surface area contributed by atoms with Crippen LogP contribution in [0.3, 0.4) is 0 Å². The summed E-state index contributed by atoms with van der Waals surface area (Å²) in [6.45, 7) is 3.94. The molecule has 2 fully saturated rings. The molecule has 37 heavy (non-hydrogen) atoms. The molecule has 0 atom stereocenters. The van der Waals surface area contributed by atoms with Crippen LogP contribution in [-0.2, 0) is 10.0 Å². The van der Waals surface area contributed by atoms with E-state index in [1.165, 1.54) is 12.1 Å². The van der Waals surface area contributed by atoms with Crippen LogP contribution in [0.25, 0.3) is 0 Å². The van der Waals surface area contributed by atoms with Gasteiger partial charge in [-0.25, -0.2) is 22.5 Å². The van der Waals surface area contributed by atoms with Crippen molar-refractivity contribution in [2.75, 3.05) is 49.1 Å². The number of pyridine rings is 1. The molecule has 5 rings (SSSR count). The molecule has 0 unspecified atom stereocenters. The lowest BCUT2D eigenvalue weighted by atomic mass is 10.0. The molecule has 1 amide bonds. The number of anilines is 2. The molecule has 8 nitrogen and oxygen atoms in total. The third-order valence-corrected chi connectivity index (χ3v) is 8.49. The molecule has 2 aliphatic rings. The Kier molecular flexibility index (Phi) is 7.38. The molecule has 0 radical (unpaired) electrons. The van der Waals surface area contributed by atoms with Crippen LogP contribution in [0.2, 0.25) is 0 Å². The number of sulfonamides is 1. The highest BCUT2D eigenvalue weighted by molar-refractivity contribution is 7.89. The maximum absolute atomic E-state index is 13.5. The average molecular weight is 524 g/mol. The van der Waals surface area contributed by atoms with Crippen molar-refractivity contribution in [3.8, 4) is 0 Å². The highest BCUT2D eigenvalue weighted by atomic mass is 32.2. The standard InChI is InChI=1S/C27H30FN5O3S/c28-21-8-10-23(11-9-21)37(35,36)30-22-12-15-31(16-13-22)25-6-2-1-5-24(25)27(34)33-19-17-32(18-20-33)26-7-3-4-14-29-26/h1-11,14,22,30H,12-13,15-20H2. The summed E-state index contributed by atoms with van der Waals surface area (Å²) in [7, 11) is -3.72. The number of carbonyl (C=O) groups excluding carboxylic acids is 1. The zero-order valence-corrected chi connectivity index (χ0v) is 21.3. The number of aromatic nitrogens is 1. The van der Waals surface area contributed by atoms with Crippen molar-refractivity contribution in [3.63, 3.8) is 0 Å². The minimum Gasteiger partial charge on any atom is -0.371 e. The highest BCUT2D eigenvalue weighted by Crippen LogP contribution is 2.27. The fourth-order valence-corrected chi connectivity index (χ4v) is 6.22. The Morgan fingerprint density at radius 1 is 0.838 bits per heavy atom. The van der Waals surface area contributed by atoms with Crippen LogP contribution in [-0.4, -0.2) is 69.5 Å². The second kappa shape index (κ2) is 10.9. The summed E-state index contributed by atoms with van der Waals surface area (Å²) >= 11 is 0. The lowest BCUT2D eigenvalue weighted by Gasteiger charge is -2.37. The van der Waals surface area contributed by atoms with Gasteiger partial charge in [-0.15, -0.1) is 0 Å². The number of hydrogen-bond acceptors (Lipinski definition) is 6. The van der Waals surface area contributed by atoms with E-state index in [1.54, 1.807) is 6.20 Å². The monoisotopic (exact) mass is 523 g/mol. The van der Waals surface area contributed by atoms with Crippen molar-refractivity contribution in [1.29, 1.82) is 0 Å². The number of piperidine rings is 1. The Bertz CT molecular complexity index is 1320. The molecule has 3 heterocycles. The van der Waals surface area contributed by atoms with Crippen molar-refractivity contribution in [2.45, 2.75) is 23.8 Å². The van der Waals surface area contributed by atoms with Gasteiger partial charge >= 0.3 is 0 Å². The molecular weight excluding hydrogens is 493 g/mol. The number of benzene rings is 2. The van der Waals surface area contributed by atoms with Crippen LogP contribution in [0.15, 0.2) is 77.8 Å². The first kappa shape index (κ1) is 25.2. The van der Waals surface area contributed by atoms with Gasteiger partial charge in [-0.1, -0.05) is 18.2 Å². The molecule has 194 valence electrons. The van der Waals surface area contributed by atoms with Crippen LogP contribution < -0.4 is 14.5 Å². The van der Waals surface area contributed by atoms with Gasteiger partial charge < -0.3 is 14.7 Å². The van der Waals surface area contributed by atoms with E-state index in [4.69, 9.17) is 0 Å². The molecule has 0 spiro atoms. The molecule has 0 bridgehead atoms. The summed E-state index contributed by atoms with van der Waals surface area (Å²) in [5.41, 5.74) is 1.54. The molecular formula is C27H30FN5O3S. The highest BCUT2D eigenvalue weighted by Gasteiger charge is 2.29. The van der Waals surface area contributed by atoms with Crippen molar-refractivity contribution >= 4 is 27.4 Å². The van der Waals surface area contributed by atoms with E-state index in [1.807, 2.05) is 47.4 Å². The van der Waals surface area contributed by atoms with Gasteiger partial charge in [0.15, 0.2) is 0 Å². The SMILES string of the molecule is O=C(c1ccccc1N1CCC(NS(=O)(=O)c2ccc(F)cc2)CC1)N1CCN(c2ccccn2)CC1. The summed E-state index contributed by atoms with van der Waals surface area (Å²) < 4.78 is 41.3. The molecule has 10 heteroatoms. The fraction of sp³-hybridized carbons (Fsp3) is 0.333. The Morgan fingerprint density at radius 2 is 1.51 bits per heavy atom. The summed E-state index contributed by atoms with van der Waals surface area (Å²) in [6.07, 6.45) is 2.98. The second-order valence-electron chi connectivity index (χ2n) is 9.32. The molecule has 0 saturated carbocycles. The second-order valence-corrected chi connectivity index (χ2v) is 11.0. The Labute approximate surface area is 216 Å². The lowest BCUT2D eigenvalue weighted by molar-refractivity contribution is 0.0747. The maximum atomic E-state index is 13.5. The van der Waals surface area contributed by atoms with Crippen molar-refractivity contribution in [3.05, 3.63) is 84.3 Å². The van der Waals surface area contributed by atoms with Crippen molar-refractivity contribution < 1.29 is 17.6 Å². The largest absolute Gasteiger partial charge is 0.371 e. The summed E-state index contributed by atoms with van der Waals surface area (Å²) in [4.78, 5) is 24.2. The van der Waals surface area contributed by atoms with Crippen LogP contribution in [0, 0.1) is 5.82 Å². The van der Waals surface area contributed by atoms with E-state index >= 15 is 0 Å². The van der Waals surface area contributed by atoms with Crippen LogP contribution in [0.5, 0.6) is 0 Å². The fourth-order valence-electron chi connectivity index (χ4n) is 4.92. The number of rotatable bonds is 6. The van der Waals surface area contributed by atoms with Gasteiger partial charge in [-0.3, -0.25) is 4.79 Å². The molecule has 1 aromatic heterocycles. The quantitative estimate of drug-likeness (QED) is 0.535. The predicted molar refractivity (Wildman–Crippen MR) is 141 cm³/mol. The Hall–Kier alpha value is -3.50. The molecule has 2 saturated heterocycles. The first-order valence-corrected chi connectivity index (χ1v) is 14.0. The minimum absolute atomic E-state index is 0.00964. The van der Waals surface area contributed by atoms with E-state index in [0.717, 1.165) is 36.7 Å². The summed E-state index contributed by atoms with van der Waals surface area (Å²) in [6, 6.07) is 18.1. The molecule has 1 N–H and O–H groups in total. The number of amides is 1. The Balaban J connectivity index is 1.20. The lowest BCUT2D eigenvalue weighted by Crippen LogP contribution is -2.49. The zero-order valence-electron chi connectivity index (χ0n) is 20.5. The van der Waals surface area contributed by atoms with Gasteiger partial charge in [0, 0.05) is 57.2 Å². The molecule has 0 aliphatic carbocycles. The smallest absolute Gasteiger partial charge is 0.256 e. The van der Waals surface area contributed by atoms with Gasteiger partial charge in [0.05, 0.1) is 10.5 Å². The average Bonchev–Trinajstić information content (AvgIpc) is 2.94. The predicted octanol–water partition coefficient (Wildman–Crippen LogP) is 3.13. The van der Waals surface area contributed by atoms with Gasteiger partial charge in [0.1, 0.15) is 11.6 Å². The third kappa shape index (κ3) is 5.75. The van der Waals surface area contributed by atoms with Crippen LogP contribution >= 0.6 is 0 Å². The summed E-state index contributed by atoms with van der Waals surface area (Å²) in [5.74, 6) is 0.457. The van der Waals surface area contributed by atoms with Gasteiger partial charge in [0.25, 0.3) is 5.91 Å². The van der Waals surface area contributed by atoms with E-state index in [9.17, 15) is 17.6 Å². The normalized spacial score (nSPS) is 17.2. The number of nitrogens with zero attached hydrogens (tertiary/aromatic N) is 4. The number of carbonyl (C=O) groups is 1. The maximum Gasteiger partial charge on any atom is 0.256 e. The zero-order chi connectivity index (χ0) is 25.8. The molecule has 2 aromatic carbocycles. The minimum atomic E-state index is -3.72. The number of halogens is 1. The number of para-hydroxylation sites is 1.